The lowest BCUT2D eigenvalue weighted by atomic mass is 9.43. The summed E-state index contributed by atoms with van der Waals surface area (Å²) in [6.07, 6.45) is 5.34. The molecule has 0 amide bonds. The molecule has 4 aliphatic rings. The second-order valence-electron chi connectivity index (χ2n) is 11.4. The molecule has 2 N–H and O–H groups in total. The van der Waals surface area contributed by atoms with Gasteiger partial charge in [0.2, 0.25) is 5.78 Å². The van der Waals surface area contributed by atoms with Crippen molar-refractivity contribution in [2.75, 3.05) is 6.61 Å². The lowest BCUT2D eigenvalue weighted by Gasteiger charge is -2.62. The van der Waals surface area contributed by atoms with Crippen LogP contribution in [0.1, 0.15) is 79.1 Å². The van der Waals surface area contributed by atoms with Crippen LogP contribution in [0.15, 0.2) is 0 Å². The molecular formula is C25H38O7. The summed E-state index contributed by atoms with van der Waals surface area (Å²) in [7, 11) is 0. The van der Waals surface area contributed by atoms with E-state index >= 15 is 0 Å². The van der Waals surface area contributed by atoms with Crippen molar-refractivity contribution >= 4 is 17.7 Å². The second kappa shape index (κ2) is 8.08. The molecule has 180 valence electrons. The molecule has 4 saturated carbocycles. The molecule has 0 unspecified atom stereocenters. The van der Waals surface area contributed by atoms with E-state index in [-0.39, 0.29) is 35.2 Å². The minimum atomic E-state index is -1.58. The van der Waals surface area contributed by atoms with E-state index in [1.54, 1.807) is 0 Å². The third kappa shape index (κ3) is 3.51. The summed E-state index contributed by atoms with van der Waals surface area (Å²) in [5.41, 5.74) is -2.35. The fourth-order valence-corrected chi connectivity index (χ4v) is 8.44. The Morgan fingerprint density at radius 1 is 1.00 bits per heavy atom. The highest BCUT2D eigenvalue weighted by molar-refractivity contribution is 5.91. The smallest absolute Gasteiger partial charge is 0.303 e. The van der Waals surface area contributed by atoms with Gasteiger partial charge in [-0.2, -0.15) is 0 Å². The lowest BCUT2D eigenvalue weighted by Crippen LogP contribution is -2.63. The fraction of sp³-hybridized carbons (Fsp3) is 0.880. The highest BCUT2D eigenvalue weighted by Gasteiger charge is 2.68. The maximum absolute atomic E-state index is 13.0. The van der Waals surface area contributed by atoms with Crippen LogP contribution < -0.4 is 0 Å². The Labute approximate surface area is 190 Å². The van der Waals surface area contributed by atoms with Gasteiger partial charge in [-0.25, -0.2) is 0 Å². The number of aliphatic hydroxyl groups is 2. The number of Topliss-reactive ketones (excluding diaryl/α,β-unsaturated/α-hetero) is 1. The average molecular weight is 451 g/mol. The molecule has 7 nitrogen and oxygen atoms in total. The molecule has 9 atom stereocenters. The molecule has 4 rings (SSSR count). The van der Waals surface area contributed by atoms with Crippen LogP contribution in [0, 0.1) is 34.5 Å². The first-order chi connectivity index (χ1) is 14.9. The summed E-state index contributed by atoms with van der Waals surface area (Å²) in [6.45, 7) is 6.52. The summed E-state index contributed by atoms with van der Waals surface area (Å²) in [5, 5.41) is 23.0. The zero-order valence-corrected chi connectivity index (χ0v) is 19.8. The first-order valence-corrected chi connectivity index (χ1v) is 12.2. The van der Waals surface area contributed by atoms with Crippen molar-refractivity contribution < 1.29 is 34.1 Å². The monoisotopic (exact) mass is 450 g/mol. The van der Waals surface area contributed by atoms with Crippen LogP contribution in [0.2, 0.25) is 0 Å². The summed E-state index contributed by atoms with van der Waals surface area (Å²) < 4.78 is 10.4. The highest BCUT2D eigenvalue weighted by atomic mass is 16.5. The van der Waals surface area contributed by atoms with Crippen molar-refractivity contribution in [1.29, 1.82) is 0 Å². The van der Waals surface area contributed by atoms with Crippen LogP contribution >= 0.6 is 0 Å². The predicted molar refractivity (Wildman–Crippen MR) is 115 cm³/mol. The third-order valence-electron chi connectivity index (χ3n) is 9.90. The van der Waals surface area contributed by atoms with Gasteiger partial charge in [0.25, 0.3) is 0 Å². The average Bonchev–Trinajstić information content (AvgIpc) is 2.97. The maximum atomic E-state index is 13.0. The van der Waals surface area contributed by atoms with Gasteiger partial charge in [-0.05, 0) is 80.5 Å². The van der Waals surface area contributed by atoms with E-state index in [2.05, 4.69) is 6.92 Å². The summed E-state index contributed by atoms with van der Waals surface area (Å²) >= 11 is 0. The number of esters is 2. The lowest BCUT2D eigenvalue weighted by molar-refractivity contribution is -0.205. The minimum absolute atomic E-state index is 0.0383. The van der Waals surface area contributed by atoms with Gasteiger partial charge < -0.3 is 19.7 Å². The molecule has 0 aromatic rings. The Bertz CT molecular complexity index is 795. The van der Waals surface area contributed by atoms with Gasteiger partial charge in [-0.1, -0.05) is 13.8 Å². The van der Waals surface area contributed by atoms with Gasteiger partial charge in [-0.15, -0.1) is 0 Å². The molecular weight excluding hydrogens is 412 g/mol. The van der Waals surface area contributed by atoms with Crippen LogP contribution in [0.5, 0.6) is 0 Å². The topological polar surface area (TPSA) is 110 Å². The quantitative estimate of drug-likeness (QED) is 0.634. The predicted octanol–water partition coefficient (Wildman–Crippen LogP) is 2.79. The van der Waals surface area contributed by atoms with Crippen LogP contribution in [0.25, 0.3) is 0 Å². The Kier molecular flexibility index (Phi) is 5.98. The van der Waals surface area contributed by atoms with Crippen molar-refractivity contribution in [2.24, 2.45) is 34.5 Å². The van der Waals surface area contributed by atoms with Gasteiger partial charge in [-0.3, -0.25) is 14.4 Å². The molecule has 0 aromatic carbocycles. The molecule has 0 aromatic heterocycles. The Morgan fingerprint density at radius 3 is 2.38 bits per heavy atom. The first-order valence-electron chi connectivity index (χ1n) is 12.2. The van der Waals surface area contributed by atoms with Gasteiger partial charge in [0.05, 0.1) is 6.10 Å². The van der Waals surface area contributed by atoms with E-state index in [0.29, 0.717) is 18.8 Å². The Balaban J connectivity index is 1.57. The number of fused-ring (bicyclic) bond motifs is 5. The van der Waals surface area contributed by atoms with Crippen LogP contribution in [0.4, 0.5) is 0 Å². The zero-order chi connectivity index (χ0) is 23.5. The molecule has 7 heteroatoms. The molecule has 32 heavy (non-hydrogen) atoms. The number of hydrogen-bond acceptors (Lipinski definition) is 7. The molecule has 0 aliphatic heterocycles. The molecule has 0 spiro atoms. The minimum Gasteiger partial charge on any atom is -0.463 e. The second-order valence-corrected chi connectivity index (χ2v) is 11.4. The van der Waals surface area contributed by atoms with E-state index in [9.17, 15) is 24.6 Å². The van der Waals surface area contributed by atoms with E-state index in [1.807, 2.05) is 6.92 Å². The number of carbonyl (C=O) groups is 3. The first kappa shape index (κ1) is 23.7. The highest BCUT2D eigenvalue weighted by Crippen LogP contribution is 2.68. The molecule has 0 saturated heterocycles. The number of ketones is 1. The van der Waals surface area contributed by atoms with Gasteiger partial charge in [0, 0.05) is 19.3 Å². The maximum Gasteiger partial charge on any atom is 0.303 e. The number of hydrogen-bond donors (Lipinski definition) is 2. The number of carbonyl (C=O) groups excluding carboxylic acids is 3. The summed E-state index contributed by atoms with van der Waals surface area (Å²) in [5.74, 6) is -0.331. The molecule has 0 bridgehead atoms. The van der Waals surface area contributed by atoms with E-state index < -0.39 is 35.5 Å². The number of ether oxygens (including phenoxy) is 2. The molecule has 0 radical (unpaired) electrons. The van der Waals surface area contributed by atoms with Crippen molar-refractivity contribution in [3.05, 3.63) is 0 Å². The molecule has 0 heterocycles. The van der Waals surface area contributed by atoms with E-state index in [4.69, 9.17) is 9.47 Å². The Morgan fingerprint density at radius 2 is 1.72 bits per heavy atom. The van der Waals surface area contributed by atoms with Crippen LogP contribution in [-0.4, -0.2) is 52.4 Å². The van der Waals surface area contributed by atoms with Crippen molar-refractivity contribution in [2.45, 2.75) is 96.9 Å². The van der Waals surface area contributed by atoms with Gasteiger partial charge in [0.15, 0.2) is 6.61 Å². The van der Waals surface area contributed by atoms with Gasteiger partial charge >= 0.3 is 11.9 Å². The van der Waals surface area contributed by atoms with E-state index in [1.165, 1.54) is 13.8 Å². The SMILES string of the molecule is CC(=O)OCC(=O)[C@@]1(O)CC[C@@H]2[C@@H]3CC[C@H]4C[C@@H](OC(C)=O)CC[C@]4(C)[C@@H]3[C@@H](O)C[C@]21C. The number of aliphatic hydroxyl groups excluding tert-OH is 1. The van der Waals surface area contributed by atoms with Crippen LogP contribution in [0.3, 0.4) is 0 Å². The van der Waals surface area contributed by atoms with Crippen molar-refractivity contribution in [1.82, 2.24) is 0 Å². The largest absolute Gasteiger partial charge is 0.463 e. The van der Waals surface area contributed by atoms with Crippen molar-refractivity contribution in [3.8, 4) is 0 Å². The Hall–Kier alpha value is -1.47. The zero-order valence-electron chi connectivity index (χ0n) is 19.8. The van der Waals surface area contributed by atoms with Crippen molar-refractivity contribution in [3.63, 3.8) is 0 Å². The fourth-order valence-electron chi connectivity index (χ4n) is 8.44. The van der Waals surface area contributed by atoms with Gasteiger partial charge in [0.1, 0.15) is 11.7 Å². The summed E-state index contributed by atoms with van der Waals surface area (Å²) in [4.78, 5) is 35.6. The molecule has 4 aliphatic carbocycles. The molecule has 4 fully saturated rings. The summed E-state index contributed by atoms with van der Waals surface area (Å²) in [6, 6.07) is 0. The van der Waals surface area contributed by atoms with E-state index in [0.717, 1.165) is 38.5 Å². The third-order valence-corrected chi connectivity index (χ3v) is 9.90. The normalized spacial score (nSPS) is 47.6. The number of rotatable bonds is 4. The van der Waals surface area contributed by atoms with Crippen LogP contribution in [-0.2, 0) is 23.9 Å². The standard InChI is InChI=1S/C25H38O7/c1-14(26)31-13-21(29)25(30)10-8-19-18-6-5-16-11-17(32-15(2)27)7-9-23(16,3)22(18)20(28)12-24(19,25)4/h16-20,22,28,30H,5-13H2,1-4H3/t16-,17-,18-,19+,20-,22-,23-,24+,25-/m0/s1.